The van der Waals surface area contributed by atoms with Gasteiger partial charge in [0.1, 0.15) is 5.75 Å². The highest BCUT2D eigenvalue weighted by atomic mass is 35.5. The first kappa shape index (κ1) is 23.6. The Balaban J connectivity index is 2.28. The van der Waals surface area contributed by atoms with Crippen LogP contribution in [-0.4, -0.2) is 36.1 Å². The number of aryl methyl sites for hydroxylation is 2. The number of ether oxygens (including phenoxy) is 2. The van der Waals surface area contributed by atoms with Gasteiger partial charge in [0, 0.05) is 11.4 Å². The molecule has 0 saturated carbocycles. The fraction of sp³-hybridized carbons (Fsp3) is 0.444. The molecule has 0 aliphatic rings. The minimum atomic E-state index is -0.495. The van der Waals surface area contributed by atoms with Crippen LogP contribution < -0.4 is 20.9 Å². The van der Waals surface area contributed by atoms with Gasteiger partial charge < -0.3 is 14.8 Å². The molecule has 0 aromatic heterocycles. The fourth-order valence-corrected chi connectivity index (χ4v) is 2.30. The van der Waals surface area contributed by atoms with Crippen molar-refractivity contribution in [3.8, 4) is 5.75 Å². The number of thiocarbonyl (C=S) groups is 1. The summed E-state index contributed by atoms with van der Waals surface area (Å²) in [5, 5.41) is 2.90. The summed E-state index contributed by atoms with van der Waals surface area (Å²) in [5.41, 5.74) is 6.38. The van der Waals surface area contributed by atoms with Gasteiger partial charge in [-0.25, -0.2) is 0 Å². The Morgan fingerprint density at radius 1 is 1.07 bits per heavy atom. The molecule has 0 spiro atoms. The lowest BCUT2D eigenvalue weighted by Gasteiger charge is -2.12. The van der Waals surface area contributed by atoms with Crippen molar-refractivity contribution in [2.75, 3.05) is 13.2 Å². The third kappa shape index (κ3) is 9.01. The molecule has 0 radical (unpaired) electrons. The molecule has 0 aliphatic carbocycles. The van der Waals surface area contributed by atoms with Gasteiger partial charge in [0.15, 0.2) is 11.7 Å². The van der Waals surface area contributed by atoms with E-state index in [2.05, 4.69) is 16.2 Å². The summed E-state index contributed by atoms with van der Waals surface area (Å²) in [5.74, 6) is -0.900. The molecule has 3 N–H and O–H groups in total. The normalized spacial score (nSPS) is 10.0. The van der Waals surface area contributed by atoms with Crippen LogP contribution in [0.25, 0.3) is 0 Å². The molecule has 0 aliphatic heterocycles. The lowest BCUT2D eigenvalue weighted by atomic mass is 10.1. The number of hydrazine groups is 1. The third-order valence-corrected chi connectivity index (χ3v) is 4.17. The van der Waals surface area contributed by atoms with Gasteiger partial charge in [0.2, 0.25) is 5.91 Å². The zero-order valence-electron chi connectivity index (χ0n) is 16.0. The molecule has 0 saturated heterocycles. The molecule has 0 fully saturated rings. The lowest BCUT2D eigenvalue weighted by molar-refractivity contribution is -0.144. The second kappa shape index (κ2) is 12.1. The molecule has 8 nitrogen and oxygen atoms in total. The number of esters is 1. The SMILES string of the molecule is CCCOC(=O)CCC(=O)NC(=S)NNC(=O)COc1cc(C)c(Cl)c(C)c1. The summed E-state index contributed by atoms with van der Waals surface area (Å²) in [6, 6.07) is 3.46. The zero-order chi connectivity index (χ0) is 21.1. The molecule has 1 aromatic rings. The van der Waals surface area contributed by atoms with Crippen molar-refractivity contribution >= 4 is 46.7 Å². The van der Waals surface area contributed by atoms with Crippen LogP contribution in [0.5, 0.6) is 5.75 Å². The van der Waals surface area contributed by atoms with E-state index in [0.29, 0.717) is 23.8 Å². The molecule has 154 valence electrons. The quantitative estimate of drug-likeness (QED) is 0.330. The number of hydrogen-bond donors (Lipinski definition) is 3. The lowest BCUT2D eigenvalue weighted by Crippen LogP contribution is -2.49. The number of rotatable bonds is 8. The van der Waals surface area contributed by atoms with Crippen LogP contribution >= 0.6 is 23.8 Å². The van der Waals surface area contributed by atoms with Crippen molar-refractivity contribution in [3.63, 3.8) is 0 Å². The molecule has 2 amide bonds. The van der Waals surface area contributed by atoms with Crippen LogP contribution in [0, 0.1) is 13.8 Å². The van der Waals surface area contributed by atoms with Crippen molar-refractivity contribution in [1.29, 1.82) is 0 Å². The highest BCUT2D eigenvalue weighted by Gasteiger charge is 2.10. The predicted octanol–water partition coefficient (Wildman–Crippen LogP) is 2.09. The Hall–Kier alpha value is -2.39. The van der Waals surface area contributed by atoms with E-state index in [1.807, 2.05) is 20.8 Å². The van der Waals surface area contributed by atoms with Crippen LogP contribution in [0.4, 0.5) is 0 Å². The number of amides is 2. The summed E-state index contributed by atoms with van der Waals surface area (Å²) in [6.45, 7) is 5.63. The maximum atomic E-state index is 11.8. The number of nitrogens with one attached hydrogen (secondary N) is 3. The Morgan fingerprint density at radius 3 is 2.32 bits per heavy atom. The van der Waals surface area contributed by atoms with Crippen molar-refractivity contribution < 1.29 is 23.9 Å². The van der Waals surface area contributed by atoms with E-state index < -0.39 is 17.8 Å². The summed E-state index contributed by atoms with van der Waals surface area (Å²) in [6.07, 6.45) is 0.595. The Bertz CT molecular complexity index is 719. The summed E-state index contributed by atoms with van der Waals surface area (Å²) < 4.78 is 10.3. The Kier molecular flexibility index (Phi) is 10.3. The van der Waals surface area contributed by atoms with Crippen LogP contribution in [0.15, 0.2) is 12.1 Å². The summed E-state index contributed by atoms with van der Waals surface area (Å²) in [4.78, 5) is 34.8. The van der Waals surface area contributed by atoms with Gasteiger partial charge in [0.25, 0.3) is 5.91 Å². The number of hydrogen-bond acceptors (Lipinski definition) is 6. The highest BCUT2D eigenvalue weighted by Crippen LogP contribution is 2.25. The van der Waals surface area contributed by atoms with E-state index in [-0.39, 0.29) is 24.6 Å². The average Bonchev–Trinajstić information content (AvgIpc) is 2.65. The van der Waals surface area contributed by atoms with E-state index in [1.54, 1.807) is 12.1 Å². The van der Waals surface area contributed by atoms with Crippen molar-refractivity contribution in [2.45, 2.75) is 40.0 Å². The van der Waals surface area contributed by atoms with Gasteiger partial charge >= 0.3 is 5.97 Å². The molecule has 0 atom stereocenters. The number of carbonyl (C=O) groups is 3. The monoisotopic (exact) mass is 429 g/mol. The van der Waals surface area contributed by atoms with Gasteiger partial charge in [0.05, 0.1) is 13.0 Å². The first-order valence-electron chi connectivity index (χ1n) is 8.66. The van der Waals surface area contributed by atoms with E-state index in [9.17, 15) is 14.4 Å². The molecular formula is C18H24ClN3O5S. The third-order valence-electron chi connectivity index (χ3n) is 3.37. The number of halogens is 1. The fourth-order valence-electron chi connectivity index (χ4n) is 2.02. The zero-order valence-corrected chi connectivity index (χ0v) is 17.6. The summed E-state index contributed by atoms with van der Waals surface area (Å²) in [7, 11) is 0. The predicted molar refractivity (Wildman–Crippen MR) is 109 cm³/mol. The first-order valence-corrected chi connectivity index (χ1v) is 9.45. The van der Waals surface area contributed by atoms with E-state index in [4.69, 9.17) is 33.3 Å². The molecule has 0 bridgehead atoms. The number of benzene rings is 1. The van der Waals surface area contributed by atoms with Gasteiger partial charge in [-0.15, -0.1) is 0 Å². The smallest absolute Gasteiger partial charge is 0.306 e. The second-order valence-electron chi connectivity index (χ2n) is 5.93. The van der Waals surface area contributed by atoms with Gasteiger partial charge in [-0.2, -0.15) is 0 Å². The van der Waals surface area contributed by atoms with Crippen molar-refractivity contribution in [3.05, 3.63) is 28.3 Å². The van der Waals surface area contributed by atoms with Crippen LogP contribution in [-0.2, 0) is 19.1 Å². The van der Waals surface area contributed by atoms with Gasteiger partial charge in [-0.1, -0.05) is 18.5 Å². The van der Waals surface area contributed by atoms with E-state index in [1.165, 1.54) is 0 Å². The van der Waals surface area contributed by atoms with Crippen molar-refractivity contribution in [1.82, 2.24) is 16.2 Å². The van der Waals surface area contributed by atoms with E-state index >= 15 is 0 Å². The minimum absolute atomic E-state index is 0.0471. The topological polar surface area (TPSA) is 106 Å². The molecule has 1 aromatic carbocycles. The number of carbonyl (C=O) groups excluding carboxylic acids is 3. The van der Waals surface area contributed by atoms with Gasteiger partial charge in [-0.3, -0.25) is 25.2 Å². The molecule has 0 heterocycles. The van der Waals surface area contributed by atoms with Crippen LogP contribution in [0.2, 0.25) is 5.02 Å². The second-order valence-corrected chi connectivity index (χ2v) is 6.72. The van der Waals surface area contributed by atoms with Crippen molar-refractivity contribution in [2.24, 2.45) is 0 Å². The molecule has 28 heavy (non-hydrogen) atoms. The van der Waals surface area contributed by atoms with Crippen LogP contribution in [0.3, 0.4) is 0 Å². The molecule has 1 rings (SSSR count). The van der Waals surface area contributed by atoms with Crippen LogP contribution in [0.1, 0.15) is 37.3 Å². The summed E-state index contributed by atoms with van der Waals surface area (Å²) >= 11 is 11.0. The molecular weight excluding hydrogens is 406 g/mol. The first-order chi connectivity index (χ1) is 13.2. The van der Waals surface area contributed by atoms with E-state index in [0.717, 1.165) is 11.1 Å². The largest absolute Gasteiger partial charge is 0.484 e. The molecule has 0 unspecified atom stereocenters. The molecule has 10 heteroatoms. The standard InChI is InChI=1S/C18H24ClN3O5S/c1-4-7-26-16(25)6-5-14(23)20-18(28)22-21-15(24)10-27-13-8-11(2)17(19)12(3)9-13/h8-9H,4-7,10H2,1-3H3,(H,21,24)(H2,20,22,23,28). The Labute approximate surface area is 174 Å². The Morgan fingerprint density at radius 2 is 1.71 bits per heavy atom. The average molecular weight is 430 g/mol. The maximum absolute atomic E-state index is 11.8. The maximum Gasteiger partial charge on any atom is 0.306 e. The highest BCUT2D eigenvalue weighted by molar-refractivity contribution is 7.80. The van der Waals surface area contributed by atoms with Gasteiger partial charge in [-0.05, 0) is 55.7 Å². The minimum Gasteiger partial charge on any atom is -0.484 e.